The molecule has 1 aliphatic carbocycles. The lowest BCUT2D eigenvalue weighted by atomic mass is 9.92. The van der Waals surface area contributed by atoms with E-state index in [-0.39, 0.29) is 0 Å². The topological polar surface area (TPSA) is 76.9 Å². The summed E-state index contributed by atoms with van der Waals surface area (Å²) >= 11 is 3.66. The molecule has 2 heterocycles. The first-order chi connectivity index (χ1) is 16.0. The van der Waals surface area contributed by atoms with Crippen molar-refractivity contribution in [2.75, 3.05) is 7.11 Å². The number of hydrogen-bond acceptors (Lipinski definition) is 5. The number of nitriles is 1. The summed E-state index contributed by atoms with van der Waals surface area (Å²) < 4.78 is 14.1. The van der Waals surface area contributed by atoms with Gasteiger partial charge in [-0.2, -0.15) is 5.26 Å². The van der Waals surface area contributed by atoms with E-state index >= 15 is 0 Å². The van der Waals surface area contributed by atoms with Gasteiger partial charge in [0.2, 0.25) is 0 Å². The molecule has 0 unspecified atom stereocenters. The third-order valence-electron chi connectivity index (χ3n) is 6.71. The highest BCUT2D eigenvalue weighted by Crippen LogP contribution is 2.40. The number of aromatic nitrogens is 3. The van der Waals surface area contributed by atoms with E-state index in [1.165, 1.54) is 0 Å². The third-order valence-corrected chi connectivity index (χ3v) is 7.57. The number of nitrogens with zero attached hydrogens (tertiary/aromatic N) is 4. The fourth-order valence-electron chi connectivity index (χ4n) is 5.04. The normalized spacial score (nSPS) is 18.5. The molecule has 1 saturated carbocycles. The van der Waals surface area contributed by atoms with Crippen molar-refractivity contribution in [3.8, 4) is 28.6 Å². The number of imidazole rings is 1. The molecule has 0 radical (unpaired) electrons. The second-order valence-electron chi connectivity index (χ2n) is 8.65. The van der Waals surface area contributed by atoms with Gasteiger partial charge in [-0.15, -0.1) is 0 Å². The summed E-state index contributed by atoms with van der Waals surface area (Å²) in [5, 5.41) is 13.7. The van der Waals surface area contributed by atoms with E-state index in [0.29, 0.717) is 17.7 Å². The second-order valence-corrected chi connectivity index (χ2v) is 9.45. The molecule has 2 aromatic heterocycles. The first-order valence-corrected chi connectivity index (χ1v) is 12.0. The molecule has 0 atom stereocenters. The number of rotatable bonds is 4. The van der Waals surface area contributed by atoms with Crippen LogP contribution in [-0.4, -0.2) is 27.9 Å². The van der Waals surface area contributed by atoms with Crippen LogP contribution in [0.5, 0.6) is 0 Å². The van der Waals surface area contributed by atoms with Crippen molar-refractivity contribution in [1.82, 2.24) is 14.7 Å². The van der Waals surface area contributed by atoms with Crippen molar-refractivity contribution in [3.63, 3.8) is 0 Å². The molecule has 1 aliphatic rings. The van der Waals surface area contributed by atoms with E-state index in [4.69, 9.17) is 14.2 Å². The lowest BCUT2D eigenvalue weighted by molar-refractivity contribution is 0.0591. The Morgan fingerprint density at radius 1 is 1.15 bits per heavy atom. The van der Waals surface area contributed by atoms with Gasteiger partial charge >= 0.3 is 0 Å². The standard InChI is InChI=1S/C26H25BrN4O2/c1-15-24(16(2)33-30-15)17-7-12-23-22(13-17)29-26(21-6-4-5-18(14-28)25(21)27)31(23)19-8-10-20(32-3)11-9-19/h4-7,12-13,19-20H,8-11H2,1-3H3/t19-,20-. The highest BCUT2D eigenvalue weighted by molar-refractivity contribution is 9.10. The predicted octanol–water partition coefficient (Wildman–Crippen LogP) is 6.74. The Morgan fingerprint density at radius 2 is 1.94 bits per heavy atom. The second kappa shape index (κ2) is 8.77. The van der Waals surface area contributed by atoms with Gasteiger partial charge in [-0.3, -0.25) is 0 Å². The smallest absolute Gasteiger partial charge is 0.142 e. The highest BCUT2D eigenvalue weighted by atomic mass is 79.9. The van der Waals surface area contributed by atoms with Crippen molar-refractivity contribution in [2.45, 2.75) is 51.7 Å². The van der Waals surface area contributed by atoms with Gasteiger partial charge in [0, 0.05) is 28.8 Å². The Bertz CT molecular complexity index is 1350. The van der Waals surface area contributed by atoms with Gasteiger partial charge < -0.3 is 13.8 Å². The molecule has 0 saturated heterocycles. The fraction of sp³-hybridized carbons (Fsp3) is 0.346. The monoisotopic (exact) mass is 504 g/mol. The average Bonchev–Trinajstić information content (AvgIpc) is 3.38. The van der Waals surface area contributed by atoms with Crippen molar-refractivity contribution < 1.29 is 9.26 Å². The Kier molecular flexibility index (Phi) is 5.81. The number of benzene rings is 2. The number of halogens is 1. The van der Waals surface area contributed by atoms with Crippen LogP contribution in [0.1, 0.15) is 48.7 Å². The van der Waals surface area contributed by atoms with Crippen LogP contribution in [0, 0.1) is 25.2 Å². The number of fused-ring (bicyclic) bond motifs is 1. The molecule has 0 bridgehead atoms. The van der Waals surface area contributed by atoms with Crippen molar-refractivity contribution in [2.24, 2.45) is 0 Å². The number of hydrogen-bond donors (Lipinski definition) is 0. The van der Waals surface area contributed by atoms with E-state index in [2.05, 4.69) is 49.9 Å². The van der Waals surface area contributed by atoms with Crippen molar-refractivity contribution >= 4 is 27.0 Å². The molecular weight excluding hydrogens is 480 g/mol. The molecule has 1 fully saturated rings. The van der Waals surface area contributed by atoms with Gasteiger partial charge in [0.15, 0.2) is 0 Å². The molecule has 0 N–H and O–H groups in total. The minimum absolute atomic E-state index is 0.318. The Labute approximate surface area is 201 Å². The van der Waals surface area contributed by atoms with Crippen LogP contribution in [0.25, 0.3) is 33.5 Å². The summed E-state index contributed by atoms with van der Waals surface area (Å²) in [6.07, 6.45) is 4.42. The summed E-state index contributed by atoms with van der Waals surface area (Å²) in [6.45, 7) is 3.89. The van der Waals surface area contributed by atoms with Crippen LogP contribution < -0.4 is 0 Å². The zero-order valence-corrected chi connectivity index (χ0v) is 20.5. The molecule has 168 valence electrons. The van der Waals surface area contributed by atoms with Gasteiger partial charge in [-0.05, 0) is 79.2 Å². The Hall–Kier alpha value is -2.95. The minimum atomic E-state index is 0.318. The molecule has 33 heavy (non-hydrogen) atoms. The number of ether oxygens (including phenoxy) is 1. The minimum Gasteiger partial charge on any atom is -0.381 e. The maximum absolute atomic E-state index is 9.56. The van der Waals surface area contributed by atoms with E-state index < -0.39 is 0 Å². The largest absolute Gasteiger partial charge is 0.381 e. The molecule has 6 nitrogen and oxygen atoms in total. The molecule has 2 aromatic carbocycles. The maximum atomic E-state index is 9.56. The average molecular weight is 505 g/mol. The first-order valence-electron chi connectivity index (χ1n) is 11.2. The van der Waals surface area contributed by atoms with Crippen molar-refractivity contribution in [3.05, 3.63) is 57.9 Å². The quantitative estimate of drug-likeness (QED) is 0.307. The van der Waals surface area contributed by atoms with E-state index in [0.717, 1.165) is 75.2 Å². The third kappa shape index (κ3) is 3.77. The van der Waals surface area contributed by atoms with Crippen LogP contribution >= 0.6 is 15.9 Å². The van der Waals surface area contributed by atoms with Crippen LogP contribution in [0.3, 0.4) is 0 Å². The van der Waals surface area contributed by atoms with E-state index in [1.807, 2.05) is 32.0 Å². The first kappa shape index (κ1) is 21.9. The molecule has 7 heteroatoms. The van der Waals surface area contributed by atoms with Gasteiger partial charge in [-0.25, -0.2) is 4.98 Å². The van der Waals surface area contributed by atoms with Crippen LogP contribution in [0.2, 0.25) is 0 Å². The van der Waals surface area contributed by atoms with E-state index in [1.54, 1.807) is 7.11 Å². The summed E-state index contributed by atoms with van der Waals surface area (Å²) in [6, 6.07) is 14.7. The zero-order valence-electron chi connectivity index (χ0n) is 18.9. The van der Waals surface area contributed by atoms with Crippen LogP contribution in [0.4, 0.5) is 0 Å². The fourth-order valence-corrected chi connectivity index (χ4v) is 5.57. The summed E-state index contributed by atoms with van der Waals surface area (Å²) in [5.74, 6) is 1.68. The SMILES string of the molecule is CO[C@H]1CC[C@H](n2c(-c3cccc(C#N)c3Br)nc3cc(-c4c(C)noc4C)ccc32)CC1. The van der Waals surface area contributed by atoms with Gasteiger partial charge in [0.1, 0.15) is 17.7 Å². The summed E-state index contributed by atoms with van der Waals surface area (Å²) in [4.78, 5) is 5.10. The van der Waals surface area contributed by atoms with Crippen molar-refractivity contribution in [1.29, 1.82) is 5.26 Å². The van der Waals surface area contributed by atoms with Gasteiger partial charge in [-0.1, -0.05) is 23.4 Å². The van der Waals surface area contributed by atoms with Gasteiger partial charge in [0.05, 0.1) is 28.4 Å². The zero-order chi connectivity index (χ0) is 23.1. The molecule has 0 spiro atoms. The summed E-state index contributed by atoms with van der Waals surface area (Å²) in [5.41, 5.74) is 6.47. The van der Waals surface area contributed by atoms with Crippen LogP contribution in [0.15, 0.2) is 45.4 Å². The lowest BCUT2D eigenvalue weighted by Gasteiger charge is -2.30. The Morgan fingerprint density at radius 3 is 2.61 bits per heavy atom. The van der Waals surface area contributed by atoms with Crippen LogP contribution in [-0.2, 0) is 4.74 Å². The molecule has 0 aliphatic heterocycles. The molecule has 4 aromatic rings. The molecule has 0 amide bonds. The summed E-state index contributed by atoms with van der Waals surface area (Å²) in [7, 11) is 1.80. The lowest BCUT2D eigenvalue weighted by Crippen LogP contribution is -2.23. The molecule has 5 rings (SSSR count). The van der Waals surface area contributed by atoms with Gasteiger partial charge in [0.25, 0.3) is 0 Å². The number of aryl methyl sites for hydroxylation is 2. The highest BCUT2D eigenvalue weighted by Gasteiger charge is 2.27. The Balaban J connectivity index is 1.70. The number of methoxy groups -OCH3 is 1. The predicted molar refractivity (Wildman–Crippen MR) is 131 cm³/mol. The maximum Gasteiger partial charge on any atom is 0.142 e. The molecular formula is C26H25BrN4O2. The van der Waals surface area contributed by atoms with E-state index in [9.17, 15) is 5.26 Å².